The van der Waals surface area contributed by atoms with Crippen molar-refractivity contribution in [3.05, 3.63) is 35.4 Å². The molecule has 1 heterocycles. The molecule has 0 aromatic heterocycles. The van der Waals surface area contributed by atoms with E-state index >= 15 is 0 Å². The molecule has 1 aliphatic carbocycles. The van der Waals surface area contributed by atoms with E-state index in [1.54, 1.807) is 0 Å². The van der Waals surface area contributed by atoms with Gasteiger partial charge >= 0.3 is 0 Å². The van der Waals surface area contributed by atoms with Crippen LogP contribution < -0.4 is 5.32 Å². The summed E-state index contributed by atoms with van der Waals surface area (Å²) in [6, 6.07) is 9.16. The first kappa shape index (κ1) is 16.3. The van der Waals surface area contributed by atoms with Crippen molar-refractivity contribution in [3.8, 4) is 0 Å². The Labute approximate surface area is 133 Å². The van der Waals surface area contributed by atoms with Gasteiger partial charge in [-0.2, -0.15) is 0 Å². The normalized spacial score (nSPS) is 31.5. The van der Waals surface area contributed by atoms with Crippen LogP contribution in [0.2, 0.25) is 0 Å². The smallest absolute Gasteiger partial charge is 0.226 e. The third-order valence-electron chi connectivity index (χ3n) is 5.01. The molecule has 1 aliphatic heterocycles. The summed E-state index contributed by atoms with van der Waals surface area (Å²) in [5.74, 6) is 1.02. The molecule has 1 amide bonds. The van der Waals surface area contributed by atoms with Crippen LogP contribution in [0.4, 0.5) is 0 Å². The molecule has 0 radical (unpaired) electrons. The number of amides is 1. The standard InChI is InChI=1S/C17H24N2O.ClH/c1-11-6-4-5-7-14(11)15-10-16(15)17(20)19-9-8-18-12(2)13(19)3;/h4-7,12-13,15-16,18H,8-10H2,1-3H3;1H. The van der Waals surface area contributed by atoms with E-state index in [2.05, 4.69) is 55.3 Å². The molecule has 1 saturated heterocycles. The number of carbonyl (C=O) groups excluding carboxylic acids is 1. The Morgan fingerprint density at radius 3 is 2.71 bits per heavy atom. The molecule has 1 saturated carbocycles. The van der Waals surface area contributed by atoms with Crippen molar-refractivity contribution in [1.29, 1.82) is 0 Å². The summed E-state index contributed by atoms with van der Waals surface area (Å²) < 4.78 is 0. The van der Waals surface area contributed by atoms with Gasteiger partial charge in [-0.25, -0.2) is 0 Å². The maximum absolute atomic E-state index is 12.7. The maximum Gasteiger partial charge on any atom is 0.226 e. The van der Waals surface area contributed by atoms with Crippen molar-refractivity contribution < 1.29 is 4.79 Å². The van der Waals surface area contributed by atoms with Crippen LogP contribution in [0, 0.1) is 12.8 Å². The van der Waals surface area contributed by atoms with Gasteiger partial charge in [0, 0.05) is 31.1 Å². The van der Waals surface area contributed by atoms with E-state index in [0.29, 0.717) is 23.9 Å². The van der Waals surface area contributed by atoms with E-state index in [1.807, 2.05) is 0 Å². The number of nitrogens with zero attached hydrogens (tertiary/aromatic N) is 1. The molecule has 0 spiro atoms. The van der Waals surface area contributed by atoms with Crippen LogP contribution in [0.5, 0.6) is 0 Å². The minimum atomic E-state index is 0. The highest BCUT2D eigenvalue weighted by Gasteiger charge is 2.47. The van der Waals surface area contributed by atoms with Crippen LogP contribution in [-0.4, -0.2) is 36.0 Å². The quantitative estimate of drug-likeness (QED) is 0.911. The van der Waals surface area contributed by atoms with E-state index in [4.69, 9.17) is 0 Å². The molecule has 2 aliphatic rings. The molecular weight excluding hydrogens is 284 g/mol. The van der Waals surface area contributed by atoms with E-state index in [1.165, 1.54) is 11.1 Å². The molecular formula is C17H25ClN2O. The SMILES string of the molecule is Cc1ccccc1C1CC1C(=O)N1CCNC(C)C1C.Cl. The van der Waals surface area contributed by atoms with Gasteiger partial charge in [0.15, 0.2) is 0 Å². The zero-order valence-electron chi connectivity index (χ0n) is 13.0. The van der Waals surface area contributed by atoms with Gasteiger partial charge in [-0.05, 0) is 44.2 Å². The van der Waals surface area contributed by atoms with Gasteiger partial charge in [-0.3, -0.25) is 4.79 Å². The topological polar surface area (TPSA) is 32.3 Å². The summed E-state index contributed by atoms with van der Waals surface area (Å²) >= 11 is 0. The lowest BCUT2D eigenvalue weighted by atomic mass is 10.0. The van der Waals surface area contributed by atoms with Gasteiger partial charge in [-0.15, -0.1) is 12.4 Å². The molecule has 1 N–H and O–H groups in total. The number of aryl methyl sites for hydroxylation is 1. The van der Waals surface area contributed by atoms with Gasteiger partial charge < -0.3 is 10.2 Å². The number of carbonyl (C=O) groups is 1. The zero-order chi connectivity index (χ0) is 14.3. The molecule has 4 heteroatoms. The predicted molar refractivity (Wildman–Crippen MR) is 87.9 cm³/mol. The Morgan fingerprint density at radius 2 is 2.00 bits per heavy atom. The molecule has 4 unspecified atom stereocenters. The number of benzene rings is 1. The third kappa shape index (κ3) is 3.09. The fraction of sp³-hybridized carbons (Fsp3) is 0.588. The minimum Gasteiger partial charge on any atom is -0.337 e. The molecule has 3 rings (SSSR count). The van der Waals surface area contributed by atoms with Crippen LogP contribution in [0.15, 0.2) is 24.3 Å². The Bertz CT molecular complexity index is 519. The second-order valence-corrected chi connectivity index (χ2v) is 6.32. The zero-order valence-corrected chi connectivity index (χ0v) is 13.8. The lowest BCUT2D eigenvalue weighted by molar-refractivity contribution is -0.136. The monoisotopic (exact) mass is 308 g/mol. The lowest BCUT2D eigenvalue weighted by Gasteiger charge is -2.39. The highest BCUT2D eigenvalue weighted by molar-refractivity contribution is 5.85. The summed E-state index contributed by atoms with van der Waals surface area (Å²) in [7, 11) is 0. The molecule has 2 fully saturated rings. The molecule has 1 aromatic rings. The number of rotatable bonds is 2. The summed E-state index contributed by atoms with van der Waals surface area (Å²) in [5, 5.41) is 3.43. The molecule has 21 heavy (non-hydrogen) atoms. The van der Waals surface area contributed by atoms with Crippen LogP contribution in [0.3, 0.4) is 0 Å². The highest BCUT2D eigenvalue weighted by Crippen LogP contribution is 2.49. The second-order valence-electron chi connectivity index (χ2n) is 6.32. The molecule has 1 aromatic carbocycles. The van der Waals surface area contributed by atoms with E-state index in [-0.39, 0.29) is 18.3 Å². The van der Waals surface area contributed by atoms with Crippen LogP contribution in [0.25, 0.3) is 0 Å². The first-order valence-electron chi connectivity index (χ1n) is 7.69. The third-order valence-corrected chi connectivity index (χ3v) is 5.01. The Hall–Kier alpha value is -1.06. The van der Waals surface area contributed by atoms with Gasteiger partial charge in [0.05, 0.1) is 0 Å². The summed E-state index contributed by atoms with van der Waals surface area (Å²) in [5.41, 5.74) is 2.68. The molecule has 3 nitrogen and oxygen atoms in total. The van der Waals surface area contributed by atoms with Crippen LogP contribution >= 0.6 is 12.4 Å². The van der Waals surface area contributed by atoms with Crippen molar-refractivity contribution in [1.82, 2.24) is 10.2 Å². The van der Waals surface area contributed by atoms with Gasteiger partial charge in [0.1, 0.15) is 0 Å². The Morgan fingerprint density at radius 1 is 1.29 bits per heavy atom. The van der Waals surface area contributed by atoms with Gasteiger partial charge in [0.25, 0.3) is 0 Å². The van der Waals surface area contributed by atoms with E-state index in [0.717, 1.165) is 19.5 Å². The fourth-order valence-corrected chi connectivity index (χ4v) is 3.40. The first-order chi connectivity index (χ1) is 9.59. The van der Waals surface area contributed by atoms with E-state index < -0.39 is 0 Å². The van der Waals surface area contributed by atoms with Crippen molar-refractivity contribution in [2.24, 2.45) is 5.92 Å². The number of hydrogen-bond acceptors (Lipinski definition) is 2. The fourth-order valence-electron chi connectivity index (χ4n) is 3.40. The van der Waals surface area contributed by atoms with Crippen molar-refractivity contribution in [2.45, 2.75) is 45.2 Å². The Balaban J connectivity index is 0.00000161. The van der Waals surface area contributed by atoms with Gasteiger partial charge in [0.2, 0.25) is 5.91 Å². The van der Waals surface area contributed by atoms with Crippen molar-refractivity contribution in [2.75, 3.05) is 13.1 Å². The van der Waals surface area contributed by atoms with Gasteiger partial charge in [-0.1, -0.05) is 24.3 Å². The number of nitrogens with one attached hydrogen (secondary N) is 1. The second kappa shape index (κ2) is 6.37. The molecule has 4 atom stereocenters. The van der Waals surface area contributed by atoms with Crippen LogP contribution in [-0.2, 0) is 4.79 Å². The van der Waals surface area contributed by atoms with Crippen molar-refractivity contribution in [3.63, 3.8) is 0 Å². The number of hydrogen-bond donors (Lipinski definition) is 1. The van der Waals surface area contributed by atoms with Crippen molar-refractivity contribution >= 4 is 18.3 Å². The lowest BCUT2D eigenvalue weighted by Crippen LogP contribution is -2.57. The Kier molecular flexibility index (Phi) is 4.95. The maximum atomic E-state index is 12.7. The average Bonchev–Trinajstić information content (AvgIpc) is 3.22. The largest absolute Gasteiger partial charge is 0.337 e. The minimum absolute atomic E-state index is 0. The highest BCUT2D eigenvalue weighted by atomic mass is 35.5. The average molecular weight is 309 g/mol. The van der Waals surface area contributed by atoms with Crippen LogP contribution in [0.1, 0.15) is 37.3 Å². The summed E-state index contributed by atoms with van der Waals surface area (Å²) in [6.45, 7) is 8.22. The summed E-state index contributed by atoms with van der Waals surface area (Å²) in [6.07, 6.45) is 1.02. The van der Waals surface area contributed by atoms with E-state index in [9.17, 15) is 4.79 Å². The molecule has 116 valence electrons. The summed E-state index contributed by atoms with van der Waals surface area (Å²) in [4.78, 5) is 14.8. The number of piperazine rings is 1. The molecule has 0 bridgehead atoms. The first-order valence-corrected chi connectivity index (χ1v) is 7.69. The predicted octanol–water partition coefficient (Wildman–Crippen LogP) is 2.73. The number of halogens is 1.